The number of carbonyl (C=O) groups is 1. The number of aromatic nitrogens is 2. The molecule has 1 aliphatic heterocycles. The summed E-state index contributed by atoms with van der Waals surface area (Å²) in [6.45, 7) is 0. The summed E-state index contributed by atoms with van der Waals surface area (Å²) in [5, 5.41) is 3.72. The molecular formula is C8H10N2O2S. The monoisotopic (exact) mass is 198 g/mol. The number of aldehydes is 1. The van der Waals surface area contributed by atoms with Crippen LogP contribution in [-0.4, -0.2) is 27.9 Å². The summed E-state index contributed by atoms with van der Waals surface area (Å²) in [7, 11) is 0. The van der Waals surface area contributed by atoms with Crippen molar-refractivity contribution in [2.75, 3.05) is 11.5 Å². The number of rotatable bonds is 3. The van der Waals surface area contributed by atoms with Gasteiger partial charge in [0, 0.05) is 6.42 Å². The molecule has 70 valence electrons. The average Bonchev–Trinajstić information content (AvgIpc) is 2.76. The van der Waals surface area contributed by atoms with E-state index in [1.54, 1.807) is 0 Å². The lowest BCUT2D eigenvalue weighted by molar-refractivity contribution is 0.108. The summed E-state index contributed by atoms with van der Waals surface area (Å²) in [6, 6.07) is 0. The molecular weight excluding hydrogens is 188 g/mol. The van der Waals surface area contributed by atoms with Gasteiger partial charge in [0.15, 0.2) is 5.82 Å². The van der Waals surface area contributed by atoms with E-state index in [-0.39, 0.29) is 5.89 Å². The number of nitrogens with zero attached hydrogens (tertiary/aromatic N) is 2. The molecule has 0 aromatic carbocycles. The Morgan fingerprint density at radius 2 is 2.62 bits per heavy atom. The van der Waals surface area contributed by atoms with Crippen LogP contribution in [-0.2, 0) is 6.42 Å². The summed E-state index contributed by atoms with van der Waals surface area (Å²) in [5.74, 6) is 3.80. The van der Waals surface area contributed by atoms with Crippen molar-refractivity contribution < 1.29 is 9.32 Å². The lowest BCUT2D eigenvalue weighted by atomic mass is 10.1. The van der Waals surface area contributed by atoms with E-state index in [1.165, 1.54) is 17.9 Å². The summed E-state index contributed by atoms with van der Waals surface area (Å²) in [6.07, 6.45) is 2.64. The van der Waals surface area contributed by atoms with E-state index in [4.69, 9.17) is 0 Å². The second-order valence-corrected chi connectivity index (χ2v) is 4.25. The third-order valence-corrected chi connectivity index (χ3v) is 3.31. The first-order valence-corrected chi connectivity index (χ1v) is 5.39. The fraction of sp³-hybridized carbons (Fsp3) is 0.625. The van der Waals surface area contributed by atoms with Crippen LogP contribution in [0.4, 0.5) is 0 Å². The molecule has 1 aromatic rings. The number of hydrogen-bond donors (Lipinski definition) is 0. The van der Waals surface area contributed by atoms with Gasteiger partial charge in [-0.05, 0) is 23.8 Å². The zero-order valence-electron chi connectivity index (χ0n) is 7.10. The average molecular weight is 198 g/mol. The summed E-state index contributed by atoms with van der Waals surface area (Å²) >= 11 is 1.96. The van der Waals surface area contributed by atoms with Crippen LogP contribution in [0.15, 0.2) is 4.52 Å². The van der Waals surface area contributed by atoms with Crippen LogP contribution in [0.3, 0.4) is 0 Å². The maximum Gasteiger partial charge on any atom is 0.290 e. The first-order valence-electron chi connectivity index (χ1n) is 4.24. The van der Waals surface area contributed by atoms with Gasteiger partial charge in [-0.1, -0.05) is 5.16 Å². The Morgan fingerprint density at radius 1 is 1.69 bits per heavy atom. The molecule has 0 spiro atoms. The van der Waals surface area contributed by atoms with Crippen molar-refractivity contribution in [3.8, 4) is 0 Å². The van der Waals surface area contributed by atoms with Crippen LogP contribution in [0, 0.1) is 5.92 Å². The number of thioether (sulfide) groups is 1. The molecule has 5 heteroatoms. The van der Waals surface area contributed by atoms with Gasteiger partial charge in [0.1, 0.15) is 0 Å². The molecule has 2 rings (SSSR count). The quantitative estimate of drug-likeness (QED) is 0.682. The largest absolute Gasteiger partial charge is 0.331 e. The van der Waals surface area contributed by atoms with Crippen LogP contribution in [0.5, 0.6) is 0 Å². The molecule has 1 aliphatic rings. The smallest absolute Gasteiger partial charge is 0.290 e. The van der Waals surface area contributed by atoms with Gasteiger partial charge in [0.25, 0.3) is 5.89 Å². The van der Waals surface area contributed by atoms with E-state index < -0.39 is 0 Å². The topological polar surface area (TPSA) is 56.0 Å². The van der Waals surface area contributed by atoms with Crippen molar-refractivity contribution in [2.24, 2.45) is 5.92 Å². The van der Waals surface area contributed by atoms with Gasteiger partial charge in [-0.3, -0.25) is 4.79 Å². The first-order chi connectivity index (χ1) is 6.38. The van der Waals surface area contributed by atoms with Gasteiger partial charge in [-0.2, -0.15) is 16.7 Å². The minimum atomic E-state index is 0.0839. The van der Waals surface area contributed by atoms with Crippen molar-refractivity contribution in [2.45, 2.75) is 12.8 Å². The predicted octanol–water partition coefficient (Wildman–Crippen LogP) is 1.18. The van der Waals surface area contributed by atoms with Crippen LogP contribution in [0.1, 0.15) is 22.9 Å². The second kappa shape index (κ2) is 3.91. The van der Waals surface area contributed by atoms with Gasteiger partial charge in [0.05, 0.1) is 0 Å². The SMILES string of the molecule is O=Cc1nc(CC2CCSC2)no1. The summed E-state index contributed by atoms with van der Waals surface area (Å²) < 4.78 is 4.69. The molecule has 1 aromatic heterocycles. The Hall–Kier alpha value is -0.840. The lowest BCUT2D eigenvalue weighted by Crippen LogP contribution is -2.03. The van der Waals surface area contributed by atoms with E-state index >= 15 is 0 Å². The van der Waals surface area contributed by atoms with Crippen molar-refractivity contribution in [3.05, 3.63) is 11.7 Å². The summed E-state index contributed by atoms with van der Waals surface area (Å²) in [4.78, 5) is 14.2. The Balaban J connectivity index is 1.96. The molecule has 1 atom stereocenters. The highest BCUT2D eigenvalue weighted by Gasteiger charge is 2.18. The Bertz CT molecular complexity index is 294. The molecule has 0 bridgehead atoms. The van der Waals surface area contributed by atoms with Crippen LogP contribution in [0.25, 0.3) is 0 Å². The molecule has 0 saturated carbocycles. The van der Waals surface area contributed by atoms with E-state index in [9.17, 15) is 4.79 Å². The Labute approximate surface area is 80.1 Å². The molecule has 4 nitrogen and oxygen atoms in total. The van der Waals surface area contributed by atoms with Crippen LogP contribution < -0.4 is 0 Å². The van der Waals surface area contributed by atoms with Crippen molar-refractivity contribution in [1.82, 2.24) is 10.1 Å². The van der Waals surface area contributed by atoms with Crippen LogP contribution >= 0.6 is 11.8 Å². The van der Waals surface area contributed by atoms with Crippen molar-refractivity contribution in [3.63, 3.8) is 0 Å². The maximum atomic E-state index is 10.3. The van der Waals surface area contributed by atoms with Gasteiger partial charge < -0.3 is 4.52 Å². The lowest BCUT2D eigenvalue weighted by Gasteiger charge is -2.01. The third-order valence-electron chi connectivity index (χ3n) is 2.08. The normalized spacial score (nSPS) is 22.0. The molecule has 1 saturated heterocycles. The van der Waals surface area contributed by atoms with E-state index in [2.05, 4.69) is 14.7 Å². The number of hydrogen-bond acceptors (Lipinski definition) is 5. The molecule has 0 N–H and O–H groups in total. The zero-order valence-corrected chi connectivity index (χ0v) is 7.92. The highest BCUT2D eigenvalue weighted by molar-refractivity contribution is 7.99. The van der Waals surface area contributed by atoms with E-state index in [1.807, 2.05) is 11.8 Å². The van der Waals surface area contributed by atoms with Gasteiger partial charge >= 0.3 is 0 Å². The third kappa shape index (κ3) is 2.09. The van der Waals surface area contributed by atoms with E-state index in [0.717, 1.165) is 6.42 Å². The molecule has 1 fully saturated rings. The molecule has 1 unspecified atom stereocenters. The van der Waals surface area contributed by atoms with E-state index in [0.29, 0.717) is 18.0 Å². The molecule has 0 amide bonds. The van der Waals surface area contributed by atoms with Crippen molar-refractivity contribution >= 4 is 18.0 Å². The fourth-order valence-electron chi connectivity index (χ4n) is 1.40. The highest BCUT2D eigenvalue weighted by Crippen LogP contribution is 2.25. The molecule has 2 heterocycles. The first kappa shape index (κ1) is 8.74. The fourth-order valence-corrected chi connectivity index (χ4v) is 2.69. The Kier molecular flexibility index (Phi) is 2.63. The second-order valence-electron chi connectivity index (χ2n) is 3.10. The molecule has 0 radical (unpaired) electrons. The zero-order chi connectivity index (χ0) is 9.10. The highest BCUT2D eigenvalue weighted by atomic mass is 32.2. The Morgan fingerprint density at radius 3 is 3.23 bits per heavy atom. The van der Waals surface area contributed by atoms with Gasteiger partial charge in [0.2, 0.25) is 6.29 Å². The minimum Gasteiger partial charge on any atom is -0.331 e. The molecule has 0 aliphatic carbocycles. The van der Waals surface area contributed by atoms with Crippen LogP contribution in [0.2, 0.25) is 0 Å². The maximum absolute atomic E-state index is 10.3. The van der Waals surface area contributed by atoms with Gasteiger partial charge in [-0.15, -0.1) is 0 Å². The summed E-state index contributed by atoms with van der Waals surface area (Å²) in [5.41, 5.74) is 0. The number of carbonyl (C=O) groups excluding carboxylic acids is 1. The minimum absolute atomic E-state index is 0.0839. The standard InChI is InChI=1S/C8H10N2O2S/c11-4-8-9-7(10-12-8)3-6-1-2-13-5-6/h4,6H,1-3,5H2. The van der Waals surface area contributed by atoms with Crippen molar-refractivity contribution in [1.29, 1.82) is 0 Å². The van der Waals surface area contributed by atoms with Gasteiger partial charge in [-0.25, -0.2) is 0 Å². The predicted molar refractivity (Wildman–Crippen MR) is 48.8 cm³/mol. The molecule has 13 heavy (non-hydrogen) atoms.